The number of hydrogen-bond acceptors (Lipinski definition) is 3. The van der Waals surface area contributed by atoms with Crippen LogP contribution in [0.4, 0.5) is 5.69 Å². The van der Waals surface area contributed by atoms with E-state index in [2.05, 4.69) is 26.2 Å². The number of nitrogens with zero attached hydrogens (tertiary/aromatic N) is 1. The first-order valence-electron chi connectivity index (χ1n) is 9.17. The summed E-state index contributed by atoms with van der Waals surface area (Å²) in [5.41, 5.74) is 3.10. The smallest absolute Gasteiger partial charge is 0.284 e. The third kappa shape index (κ3) is 4.67. The number of benzene rings is 2. The zero-order valence-electron chi connectivity index (χ0n) is 15.6. The number of amides is 2. The lowest BCUT2D eigenvalue weighted by molar-refractivity contribution is -0.114. The van der Waals surface area contributed by atoms with Crippen molar-refractivity contribution in [2.24, 2.45) is 10.9 Å². The molecule has 2 aromatic rings. The monoisotopic (exact) mass is 498 g/mol. The van der Waals surface area contributed by atoms with Crippen molar-refractivity contribution in [1.29, 1.82) is 0 Å². The Labute approximate surface area is 191 Å². The molecule has 0 fully saturated rings. The molecule has 2 amide bonds. The average Bonchev–Trinajstić information content (AvgIpc) is 2.74. The zero-order chi connectivity index (χ0) is 21.1. The topological polar surface area (TPSA) is 58.5 Å². The van der Waals surface area contributed by atoms with Gasteiger partial charge >= 0.3 is 0 Å². The molecule has 0 saturated heterocycles. The molecule has 2 aliphatic rings. The number of carbonyl (C=O) groups excluding carboxylic acids is 2. The molecule has 1 aliphatic carbocycles. The first-order chi connectivity index (χ1) is 14.5. The van der Waals surface area contributed by atoms with Gasteiger partial charge in [0, 0.05) is 21.1 Å². The van der Waals surface area contributed by atoms with E-state index in [9.17, 15) is 9.59 Å². The number of fused-ring (bicyclic) bond motifs is 1. The van der Waals surface area contributed by atoms with E-state index in [1.54, 1.807) is 12.2 Å². The Morgan fingerprint density at radius 2 is 1.83 bits per heavy atom. The highest BCUT2D eigenvalue weighted by atomic mass is 79.9. The fourth-order valence-corrected chi connectivity index (χ4v) is 4.64. The molecule has 0 saturated carbocycles. The molecule has 1 unspecified atom stereocenters. The summed E-state index contributed by atoms with van der Waals surface area (Å²) in [4.78, 5) is 30.0. The van der Waals surface area contributed by atoms with Crippen molar-refractivity contribution in [1.82, 2.24) is 0 Å². The van der Waals surface area contributed by atoms with Crippen LogP contribution in [0.25, 0.3) is 5.57 Å². The highest BCUT2D eigenvalue weighted by molar-refractivity contribution is 9.10. The molecule has 0 bridgehead atoms. The molecule has 30 heavy (non-hydrogen) atoms. The van der Waals surface area contributed by atoms with Gasteiger partial charge in [0.1, 0.15) is 0 Å². The normalized spacial score (nSPS) is 17.9. The second-order valence-electron chi connectivity index (χ2n) is 6.66. The Kier molecular flexibility index (Phi) is 6.37. The lowest BCUT2D eigenvalue weighted by Crippen LogP contribution is -2.24. The lowest BCUT2D eigenvalue weighted by Gasteiger charge is -2.26. The second kappa shape index (κ2) is 9.16. The molecule has 2 aromatic carbocycles. The van der Waals surface area contributed by atoms with Crippen LogP contribution < -0.4 is 5.32 Å². The predicted molar refractivity (Wildman–Crippen MR) is 128 cm³/mol. The predicted octanol–water partition coefficient (Wildman–Crippen LogP) is 5.82. The lowest BCUT2D eigenvalue weighted by atomic mass is 9.84. The van der Waals surface area contributed by atoms with Crippen LogP contribution in [0.2, 0.25) is 0 Å². The minimum absolute atomic E-state index is 0.0956. The summed E-state index contributed by atoms with van der Waals surface area (Å²) in [5.74, 6) is -0.655. The largest absolute Gasteiger partial charge is 0.325 e. The number of hydrogen-bond donors (Lipinski definition) is 1. The molecule has 4 rings (SSSR count). The zero-order valence-corrected chi connectivity index (χ0v) is 18.8. The molecule has 150 valence electrons. The molecule has 1 N–H and O–H groups in total. The van der Waals surface area contributed by atoms with Crippen LogP contribution in [0.3, 0.4) is 0 Å². The summed E-state index contributed by atoms with van der Waals surface area (Å²) in [6, 6.07) is 17.0. The minimum atomic E-state index is -0.336. The van der Waals surface area contributed by atoms with Gasteiger partial charge in [0.15, 0.2) is 0 Å². The molecule has 0 radical (unpaired) electrons. The van der Waals surface area contributed by atoms with Gasteiger partial charge in [-0.2, -0.15) is 0 Å². The maximum absolute atomic E-state index is 12.8. The fourth-order valence-electron chi connectivity index (χ4n) is 3.27. The summed E-state index contributed by atoms with van der Waals surface area (Å²) in [5, 5.41) is 3.44. The molecule has 1 heterocycles. The van der Waals surface area contributed by atoms with Crippen LogP contribution in [0.1, 0.15) is 5.56 Å². The van der Waals surface area contributed by atoms with Gasteiger partial charge in [-0.3, -0.25) is 9.59 Å². The van der Waals surface area contributed by atoms with Gasteiger partial charge in [-0.05, 0) is 47.6 Å². The number of halogens is 2. The van der Waals surface area contributed by atoms with Gasteiger partial charge in [0.2, 0.25) is 5.91 Å². The number of nitrogens with one attached hydrogen (secondary N) is 1. The molecule has 7 heteroatoms. The van der Waals surface area contributed by atoms with Crippen molar-refractivity contribution in [3.63, 3.8) is 0 Å². The van der Waals surface area contributed by atoms with Gasteiger partial charge in [-0.25, -0.2) is 4.99 Å². The number of anilines is 1. The number of rotatable bonds is 5. The van der Waals surface area contributed by atoms with E-state index in [-0.39, 0.29) is 23.5 Å². The molecule has 0 spiro atoms. The van der Waals surface area contributed by atoms with Crippen LogP contribution in [-0.4, -0.2) is 23.3 Å². The van der Waals surface area contributed by atoms with Gasteiger partial charge in [-0.1, -0.05) is 63.9 Å². The first-order valence-corrected chi connectivity index (χ1v) is 11.3. The minimum Gasteiger partial charge on any atom is -0.325 e. The van der Waals surface area contributed by atoms with Crippen LogP contribution in [0.5, 0.6) is 0 Å². The summed E-state index contributed by atoms with van der Waals surface area (Å²) < 4.78 is 0.933. The number of aliphatic imine (C=N–C) groups is 1. The highest BCUT2D eigenvalue weighted by Gasteiger charge is 2.32. The maximum atomic E-state index is 12.8. The quantitative estimate of drug-likeness (QED) is 0.564. The van der Waals surface area contributed by atoms with Crippen molar-refractivity contribution in [3.05, 3.63) is 92.8 Å². The number of thioether (sulfide) groups is 1. The standard InChI is InChI=1S/C23H16BrClN2O2S/c24-15-6-9-17(10-7-15)26-20(28)13-30-22-21(14-4-2-1-3-5-14)18-12-16(25)8-11-19(18)27-23(22)29/h1-12,18H,13H2,(H,26,28). The molecular formula is C23H16BrClN2O2S. The second-order valence-corrected chi connectivity index (χ2v) is 8.99. The van der Waals surface area contributed by atoms with E-state index >= 15 is 0 Å². The first kappa shape index (κ1) is 20.8. The molecule has 1 atom stereocenters. The number of carbonyl (C=O) groups is 2. The molecular weight excluding hydrogens is 484 g/mol. The Balaban J connectivity index is 1.61. The Morgan fingerprint density at radius 3 is 2.57 bits per heavy atom. The van der Waals surface area contributed by atoms with Crippen molar-refractivity contribution < 1.29 is 9.59 Å². The Morgan fingerprint density at radius 1 is 1.10 bits per heavy atom. The highest BCUT2D eigenvalue weighted by Crippen LogP contribution is 2.40. The van der Waals surface area contributed by atoms with E-state index in [1.807, 2.05) is 60.7 Å². The van der Waals surface area contributed by atoms with E-state index in [0.29, 0.717) is 21.3 Å². The molecule has 4 nitrogen and oxygen atoms in total. The van der Waals surface area contributed by atoms with Crippen LogP contribution in [-0.2, 0) is 9.59 Å². The number of allylic oxidation sites excluding steroid dienone is 5. The van der Waals surface area contributed by atoms with Crippen molar-refractivity contribution in [3.8, 4) is 0 Å². The molecule has 1 aliphatic heterocycles. The van der Waals surface area contributed by atoms with E-state index in [4.69, 9.17) is 11.6 Å². The van der Waals surface area contributed by atoms with Crippen molar-refractivity contribution in [2.45, 2.75) is 0 Å². The van der Waals surface area contributed by atoms with Crippen LogP contribution in [0, 0.1) is 5.92 Å². The van der Waals surface area contributed by atoms with Crippen molar-refractivity contribution in [2.75, 3.05) is 11.1 Å². The summed E-state index contributed by atoms with van der Waals surface area (Å²) in [7, 11) is 0. The Hall–Kier alpha value is -2.41. The van der Waals surface area contributed by atoms with Crippen LogP contribution in [0.15, 0.2) is 92.2 Å². The summed E-state index contributed by atoms with van der Waals surface area (Å²) >= 11 is 10.8. The summed E-state index contributed by atoms with van der Waals surface area (Å²) in [6.45, 7) is 0. The maximum Gasteiger partial charge on any atom is 0.284 e. The fraction of sp³-hybridized carbons (Fsp3) is 0.0870. The third-order valence-electron chi connectivity index (χ3n) is 4.60. The van der Waals surface area contributed by atoms with Gasteiger partial charge in [0.25, 0.3) is 5.91 Å². The summed E-state index contributed by atoms with van der Waals surface area (Å²) in [6.07, 6.45) is 5.39. The average molecular weight is 500 g/mol. The molecule has 0 aromatic heterocycles. The number of dihydropyridines is 1. The van der Waals surface area contributed by atoms with Crippen LogP contribution >= 0.6 is 39.3 Å². The van der Waals surface area contributed by atoms with E-state index in [1.165, 1.54) is 11.8 Å². The van der Waals surface area contributed by atoms with Gasteiger partial charge in [-0.15, -0.1) is 11.8 Å². The van der Waals surface area contributed by atoms with E-state index < -0.39 is 0 Å². The SMILES string of the molecule is O=C(CSC1=C(c2ccccc2)C2C=C(Cl)C=CC2=NC1=O)Nc1ccc(Br)cc1. The Bertz CT molecular complexity index is 1120. The van der Waals surface area contributed by atoms with E-state index in [0.717, 1.165) is 15.6 Å². The van der Waals surface area contributed by atoms with Crippen molar-refractivity contribution >= 4 is 68.1 Å². The van der Waals surface area contributed by atoms with Gasteiger partial charge in [0.05, 0.1) is 16.4 Å². The van der Waals surface area contributed by atoms with Gasteiger partial charge < -0.3 is 5.32 Å². The third-order valence-corrected chi connectivity index (χ3v) is 6.47.